The summed E-state index contributed by atoms with van der Waals surface area (Å²) >= 11 is 1.02. The standard InChI is InChI=1S/C17H10N4O3S/c22-14-11-5-1-2-6-12(11)16(24)21(20-14)17-19-15(23)13(25-17)8-10-4-3-7-18-9-10/h1-9H,(H,20,22)/b13-8+. The number of amides is 1. The van der Waals surface area contributed by atoms with Gasteiger partial charge in [-0.1, -0.05) is 18.2 Å². The number of aliphatic imine (C=N–C) groups is 1. The van der Waals surface area contributed by atoms with E-state index in [1.165, 1.54) is 0 Å². The smallest absolute Gasteiger partial charge is 0.267 e. The van der Waals surface area contributed by atoms with Crippen molar-refractivity contribution in [2.24, 2.45) is 4.99 Å². The number of hydrogen-bond acceptors (Lipinski definition) is 5. The lowest BCUT2D eigenvalue weighted by Crippen LogP contribution is -2.33. The monoisotopic (exact) mass is 350 g/mol. The summed E-state index contributed by atoms with van der Waals surface area (Å²) in [6.07, 6.45) is 4.89. The van der Waals surface area contributed by atoms with E-state index in [4.69, 9.17) is 0 Å². The van der Waals surface area contributed by atoms with Crippen LogP contribution in [0.1, 0.15) is 5.56 Å². The van der Waals surface area contributed by atoms with Crippen LogP contribution in [0.5, 0.6) is 0 Å². The van der Waals surface area contributed by atoms with Gasteiger partial charge in [0.25, 0.3) is 17.0 Å². The Morgan fingerprint density at radius 3 is 2.60 bits per heavy atom. The Bertz CT molecular complexity index is 1180. The van der Waals surface area contributed by atoms with Gasteiger partial charge >= 0.3 is 0 Å². The first-order valence-corrected chi connectivity index (χ1v) is 8.12. The maximum Gasteiger partial charge on any atom is 0.286 e. The zero-order chi connectivity index (χ0) is 17.4. The lowest BCUT2D eigenvalue weighted by molar-refractivity contribution is -0.113. The van der Waals surface area contributed by atoms with Crippen molar-refractivity contribution in [2.45, 2.75) is 0 Å². The van der Waals surface area contributed by atoms with Gasteiger partial charge in [0.1, 0.15) is 0 Å². The van der Waals surface area contributed by atoms with Crippen molar-refractivity contribution in [2.75, 3.05) is 0 Å². The summed E-state index contributed by atoms with van der Waals surface area (Å²) in [4.78, 5) is 45.1. The molecule has 4 rings (SSSR count). The number of fused-ring (bicyclic) bond motifs is 1. The van der Waals surface area contributed by atoms with E-state index in [1.54, 1.807) is 54.9 Å². The molecule has 0 unspecified atom stereocenters. The minimum atomic E-state index is -0.468. The van der Waals surface area contributed by atoms with Crippen LogP contribution in [0.3, 0.4) is 0 Å². The van der Waals surface area contributed by atoms with Crippen molar-refractivity contribution >= 4 is 39.7 Å². The molecule has 2 aromatic heterocycles. The van der Waals surface area contributed by atoms with E-state index < -0.39 is 17.0 Å². The molecular formula is C17H10N4O3S. The summed E-state index contributed by atoms with van der Waals surface area (Å²) in [6, 6.07) is 10.1. The van der Waals surface area contributed by atoms with Crippen LogP contribution in [0.15, 0.2) is 68.3 Å². The first kappa shape index (κ1) is 15.3. The second-order valence-corrected chi connectivity index (χ2v) is 6.23. The van der Waals surface area contributed by atoms with Crippen LogP contribution in [0.25, 0.3) is 16.8 Å². The van der Waals surface area contributed by atoms with Crippen LogP contribution in [0, 0.1) is 0 Å². The van der Waals surface area contributed by atoms with E-state index >= 15 is 0 Å². The van der Waals surface area contributed by atoms with E-state index in [-0.39, 0.29) is 10.6 Å². The fourth-order valence-electron chi connectivity index (χ4n) is 2.44. The molecule has 25 heavy (non-hydrogen) atoms. The molecule has 122 valence electrons. The van der Waals surface area contributed by atoms with Gasteiger partial charge in [0.15, 0.2) is 5.17 Å². The average molecular weight is 350 g/mol. The Kier molecular flexibility index (Phi) is 3.66. The van der Waals surface area contributed by atoms with Crippen molar-refractivity contribution in [3.63, 3.8) is 0 Å². The number of carbonyl (C=O) groups excluding carboxylic acids is 1. The number of carbonyl (C=O) groups is 1. The van der Waals surface area contributed by atoms with Gasteiger partial charge in [0.05, 0.1) is 15.7 Å². The minimum Gasteiger partial charge on any atom is -0.267 e. The molecule has 0 spiro atoms. The molecule has 0 fully saturated rings. The fraction of sp³-hybridized carbons (Fsp3) is 0. The third kappa shape index (κ3) is 2.72. The summed E-state index contributed by atoms with van der Waals surface area (Å²) in [5, 5.41) is 3.16. The average Bonchev–Trinajstić information content (AvgIpc) is 2.99. The zero-order valence-corrected chi connectivity index (χ0v) is 13.5. The first-order valence-electron chi connectivity index (χ1n) is 7.30. The van der Waals surface area contributed by atoms with Crippen LogP contribution in [0.4, 0.5) is 0 Å². The number of thioether (sulfide) groups is 1. The number of aromatic amines is 1. The summed E-state index contributed by atoms with van der Waals surface area (Å²) in [5.41, 5.74) is -0.110. The summed E-state index contributed by atoms with van der Waals surface area (Å²) < 4.78 is 1.01. The second-order valence-electron chi connectivity index (χ2n) is 5.22. The summed E-state index contributed by atoms with van der Waals surface area (Å²) in [7, 11) is 0. The number of H-pyrrole nitrogens is 1. The molecule has 1 aliphatic heterocycles. The van der Waals surface area contributed by atoms with Crippen LogP contribution in [-0.2, 0) is 4.79 Å². The SMILES string of the molecule is O=C1N=C(n2[nH]c(=O)c3ccccc3c2=O)S/C1=C/c1cccnc1. The Morgan fingerprint density at radius 1 is 1.04 bits per heavy atom. The van der Waals surface area contributed by atoms with Gasteiger partial charge in [0, 0.05) is 12.4 Å². The number of rotatable bonds is 1. The highest BCUT2D eigenvalue weighted by Crippen LogP contribution is 2.28. The van der Waals surface area contributed by atoms with Crippen molar-refractivity contribution in [3.8, 4) is 0 Å². The highest BCUT2D eigenvalue weighted by Gasteiger charge is 2.25. The maximum atomic E-state index is 12.6. The molecular weight excluding hydrogens is 340 g/mol. The number of nitrogens with one attached hydrogen (secondary N) is 1. The third-order valence-electron chi connectivity index (χ3n) is 3.60. The number of pyridine rings is 1. The molecule has 1 aliphatic rings. The molecule has 1 N–H and O–H groups in total. The summed E-state index contributed by atoms with van der Waals surface area (Å²) in [6.45, 7) is 0. The largest absolute Gasteiger partial charge is 0.286 e. The zero-order valence-electron chi connectivity index (χ0n) is 12.7. The number of benzene rings is 1. The molecule has 7 nitrogen and oxygen atoms in total. The van der Waals surface area contributed by atoms with Gasteiger partial charge in [-0.05, 0) is 41.6 Å². The molecule has 3 heterocycles. The van der Waals surface area contributed by atoms with Gasteiger partial charge in [-0.2, -0.15) is 9.67 Å². The van der Waals surface area contributed by atoms with Gasteiger partial charge in [-0.15, -0.1) is 0 Å². The third-order valence-corrected chi connectivity index (χ3v) is 4.57. The molecule has 0 aliphatic carbocycles. The molecule has 0 radical (unpaired) electrons. The van der Waals surface area contributed by atoms with E-state index in [1.807, 2.05) is 0 Å². The Morgan fingerprint density at radius 2 is 1.84 bits per heavy atom. The molecule has 8 heteroatoms. The lowest BCUT2D eigenvalue weighted by atomic mass is 10.2. The molecule has 0 bridgehead atoms. The normalized spacial score (nSPS) is 15.8. The number of aromatic nitrogens is 3. The summed E-state index contributed by atoms with van der Waals surface area (Å²) in [5.74, 6) is -0.468. The Balaban J connectivity index is 1.79. The Hall–Kier alpha value is -3.26. The molecule has 0 atom stereocenters. The van der Waals surface area contributed by atoms with Crippen molar-refractivity contribution in [1.29, 1.82) is 0 Å². The molecule has 1 amide bonds. The van der Waals surface area contributed by atoms with Crippen molar-refractivity contribution < 1.29 is 4.79 Å². The second kappa shape index (κ2) is 5.99. The van der Waals surface area contributed by atoms with Crippen LogP contribution in [0.2, 0.25) is 0 Å². The topological polar surface area (TPSA) is 97.2 Å². The lowest BCUT2D eigenvalue weighted by Gasteiger charge is -2.05. The molecule has 1 aromatic carbocycles. The van der Waals surface area contributed by atoms with E-state index in [2.05, 4.69) is 15.1 Å². The number of hydrogen-bond donors (Lipinski definition) is 1. The molecule has 0 saturated carbocycles. The predicted molar refractivity (Wildman–Crippen MR) is 96.5 cm³/mol. The predicted octanol–water partition coefficient (Wildman–Crippen LogP) is 1.60. The van der Waals surface area contributed by atoms with Crippen LogP contribution >= 0.6 is 11.8 Å². The van der Waals surface area contributed by atoms with Crippen LogP contribution in [-0.4, -0.2) is 25.8 Å². The minimum absolute atomic E-state index is 0.119. The maximum absolute atomic E-state index is 12.6. The van der Waals surface area contributed by atoms with Gasteiger partial charge < -0.3 is 0 Å². The fourth-order valence-corrected chi connectivity index (χ4v) is 3.31. The quantitative estimate of drug-likeness (QED) is 0.673. The van der Waals surface area contributed by atoms with Gasteiger partial charge in [-0.3, -0.25) is 24.5 Å². The highest BCUT2D eigenvalue weighted by atomic mass is 32.2. The highest BCUT2D eigenvalue weighted by molar-refractivity contribution is 8.18. The molecule has 0 saturated heterocycles. The Labute approximate surface area is 144 Å². The van der Waals surface area contributed by atoms with Crippen molar-refractivity contribution in [3.05, 3.63) is 80.0 Å². The van der Waals surface area contributed by atoms with Crippen molar-refractivity contribution in [1.82, 2.24) is 14.8 Å². The van der Waals surface area contributed by atoms with Gasteiger partial charge in [0.2, 0.25) is 0 Å². The van der Waals surface area contributed by atoms with E-state index in [0.29, 0.717) is 10.3 Å². The van der Waals surface area contributed by atoms with Crippen LogP contribution < -0.4 is 11.1 Å². The first-order chi connectivity index (χ1) is 12.1. The van der Waals surface area contributed by atoms with E-state index in [0.717, 1.165) is 22.0 Å². The van der Waals surface area contributed by atoms with Gasteiger partial charge in [-0.25, -0.2) is 0 Å². The number of nitrogens with zero attached hydrogens (tertiary/aromatic N) is 3. The molecule has 3 aromatic rings. The van der Waals surface area contributed by atoms with E-state index in [9.17, 15) is 14.4 Å².